The van der Waals surface area contributed by atoms with E-state index in [0.717, 1.165) is 0 Å². The molecule has 0 N–H and O–H groups in total. The third kappa shape index (κ3) is 1.82. The molecule has 0 saturated heterocycles. The van der Waals surface area contributed by atoms with Gasteiger partial charge in [0.05, 0.1) is 5.33 Å². The SMILES string of the molecule is Cc1ccc(C(=O)C(=O)CBr)o1. The summed E-state index contributed by atoms with van der Waals surface area (Å²) in [6.45, 7) is 1.72. The van der Waals surface area contributed by atoms with E-state index in [2.05, 4.69) is 15.9 Å². The van der Waals surface area contributed by atoms with Gasteiger partial charge in [0.15, 0.2) is 5.76 Å². The van der Waals surface area contributed by atoms with Crippen LogP contribution in [-0.2, 0) is 4.79 Å². The second kappa shape index (κ2) is 3.67. The summed E-state index contributed by atoms with van der Waals surface area (Å²) < 4.78 is 4.98. The molecule has 0 saturated carbocycles. The van der Waals surface area contributed by atoms with E-state index >= 15 is 0 Å². The van der Waals surface area contributed by atoms with Crippen LogP contribution in [0.3, 0.4) is 0 Å². The van der Waals surface area contributed by atoms with E-state index in [1.165, 1.54) is 6.07 Å². The smallest absolute Gasteiger partial charge is 0.264 e. The van der Waals surface area contributed by atoms with Crippen LogP contribution in [0.25, 0.3) is 0 Å². The maximum atomic E-state index is 11.1. The fourth-order valence-corrected chi connectivity index (χ4v) is 1.01. The molecular weight excluding hydrogens is 224 g/mol. The van der Waals surface area contributed by atoms with E-state index in [-0.39, 0.29) is 11.1 Å². The molecule has 0 amide bonds. The molecule has 3 nitrogen and oxygen atoms in total. The van der Waals surface area contributed by atoms with Crippen molar-refractivity contribution < 1.29 is 14.0 Å². The third-order valence-corrected chi connectivity index (χ3v) is 1.85. The maximum Gasteiger partial charge on any atom is 0.264 e. The first-order valence-electron chi connectivity index (χ1n) is 3.35. The van der Waals surface area contributed by atoms with Crippen LogP contribution < -0.4 is 0 Å². The molecule has 0 fully saturated rings. The summed E-state index contributed by atoms with van der Waals surface area (Å²) in [4.78, 5) is 22.0. The van der Waals surface area contributed by atoms with Gasteiger partial charge in [-0.25, -0.2) is 0 Å². The minimum absolute atomic E-state index is 0.0333. The number of rotatable bonds is 3. The molecule has 4 heteroatoms. The number of alkyl halides is 1. The lowest BCUT2D eigenvalue weighted by molar-refractivity contribution is -0.112. The van der Waals surface area contributed by atoms with E-state index in [4.69, 9.17) is 4.42 Å². The van der Waals surface area contributed by atoms with Gasteiger partial charge in [0.1, 0.15) is 5.76 Å². The summed E-state index contributed by atoms with van der Waals surface area (Å²) in [6, 6.07) is 3.15. The van der Waals surface area contributed by atoms with Crippen molar-refractivity contribution in [1.82, 2.24) is 0 Å². The molecule has 1 aromatic heterocycles. The monoisotopic (exact) mass is 230 g/mol. The minimum Gasteiger partial charge on any atom is -0.458 e. The fraction of sp³-hybridized carbons (Fsp3) is 0.250. The Labute approximate surface area is 77.9 Å². The minimum atomic E-state index is -0.583. The Bertz CT molecular complexity index is 314. The Hall–Kier alpha value is -0.900. The van der Waals surface area contributed by atoms with Gasteiger partial charge in [-0.1, -0.05) is 15.9 Å². The highest BCUT2D eigenvalue weighted by atomic mass is 79.9. The molecule has 0 radical (unpaired) electrons. The molecule has 0 atom stereocenters. The quantitative estimate of drug-likeness (QED) is 0.452. The van der Waals surface area contributed by atoms with Gasteiger partial charge in [-0.05, 0) is 19.1 Å². The fourth-order valence-electron chi connectivity index (χ4n) is 0.755. The van der Waals surface area contributed by atoms with Crippen LogP contribution >= 0.6 is 15.9 Å². The highest BCUT2D eigenvalue weighted by molar-refractivity contribution is 9.09. The number of hydrogen-bond acceptors (Lipinski definition) is 3. The molecule has 64 valence electrons. The molecule has 0 unspecified atom stereocenters. The van der Waals surface area contributed by atoms with Gasteiger partial charge in [-0.2, -0.15) is 0 Å². The first kappa shape index (κ1) is 9.19. The van der Waals surface area contributed by atoms with Crippen molar-refractivity contribution in [2.45, 2.75) is 6.92 Å². The van der Waals surface area contributed by atoms with Crippen LogP contribution in [-0.4, -0.2) is 16.9 Å². The zero-order valence-electron chi connectivity index (χ0n) is 6.46. The first-order chi connectivity index (χ1) is 5.65. The Morgan fingerprint density at radius 2 is 2.17 bits per heavy atom. The van der Waals surface area contributed by atoms with Crippen molar-refractivity contribution in [3.8, 4) is 0 Å². The molecule has 12 heavy (non-hydrogen) atoms. The zero-order valence-corrected chi connectivity index (χ0v) is 8.05. The summed E-state index contributed by atoms with van der Waals surface area (Å²) in [7, 11) is 0. The lowest BCUT2D eigenvalue weighted by atomic mass is 10.2. The van der Waals surface area contributed by atoms with E-state index < -0.39 is 11.6 Å². The van der Waals surface area contributed by atoms with Gasteiger partial charge < -0.3 is 4.42 Å². The van der Waals surface area contributed by atoms with Gasteiger partial charge >= 0.3 is 0 Å². The van der Waals surface area contributed by atoms with Crippen molar-refractivity contribution >= 4 is 27.5 Å². The van der Waals surface area contributed by atoms with E-state index in [1.54, 1.807) is 13.0 Å². The highest BCUT2D eigenvalue weighted by Crippen LogP contribution is 2.07. The molecule has 0 aliphatic rings. The largest absolute Gasteiger partial charge is 0.458 e. The van der Waals surface area contributed by atoms with Crippen LogP contribution in [0, 0.1) is 6.92 Å². The number of carbonyl (C=O) groups excluding carboxylic acids is 2. The van der Waals surface area contributed by atoms with Crippen molar-refractivity contribution in [3.63, 3.8) is 0 Å². The maximum absolute atomic E-state index is 11.1. The zero-order chi connectivity index (χ0) is 9.14. The average molecular weight is 231 g/mol. The normalized spacial score (nSPS) is 9.83. The van der Waals surface area contributed by atoms with Gasteiger partial charge in [0, 0.05) is 0 Å². The molecule has 1 aromatic rings. The third-order valence-electron chi connectivity index (χ3n) is 1.34. The van der Waals surface area contributed by atoms with Crippen molar-refractivity contribution in [3.05, 3.63) is 23.7 Å². The average Bonchev–Trinajstić information content (AvgIpc) is 2.49. The molecular formula is C8H7BrO3. The molecule has 1 heterocycles. The second-order valence-corrected chi connectivity index (χ2v) is 2.86. The van der Waals surface area contributed by atoms with Gasteiger partial charge in [0.2, 0.25) is 5.78 Å². The Morgan fingerprint density at radius 3 is 2.58 bits per heavy atom. The molecule has 0 spiro atoms. The number of ketones is 2. The Morgan fingerprint density at radius 1 is 1.50 bits per heavy atom. The molecule has 0 aliphatic carbocycles. The van der Waals surface area contributed by atoms with Gasteiger partial charge in [-0.3, -0.25) is 9.59 Å². The van der Waals surface area contributed by atoms with Gasteiger partial charge in [-0.15, -0.1) is 0 Å². The van der Waals surface area contributed by atoms with E-state index in [9.17, 15) is 9.59 Å². The number of Topliss-reactive ketones (excluding diaryl/α,β-unsaturated/α-hetero) is 2. The van der Waals surface area contributed by atoms with Crippen molar-refractivity contribution in [2.75, 3.05) is 5.33 Å². The number of carbonyl (C=O) groups is 2. The summed E-state index contributed by atoms with van der Waals surface area (Å²) in [5, 5.41) is 0.0333. The van der Waals surface area contributed by atoms with Gasteiger partial charge in [0.25, 0.3) is 5.78 Å². The van der Waals surface area contributed by atoms with E-state index in [0.29, 0.717) is 5.76 Å². The lowest BCUT2D eigenvalue weighted by Crippen LogP contribution is -2.14. The predicted octanol–water partition coefficient (Wildman–Crippen LogP) is 1.73. The summed E-state index contributed by atoms with van der Waals surface area (Å²) in [5.41, 5.74) is 0. The molecule has 0 aliphatic heterocycles. The van der Waals surface area contributed by atoms with Crippen molar-refractivity contribution in [1.29, 1.82) is 0 Å². The lowest BCUT2D eigenvalue weighted by Gasteiger charge is -1.90. The summed E-state index contributed by atoms with van der Waals surface area (Å²) >= 11 is 2.91. The second-order valence-electron chi connectivity index (χ2n) is 2.30. The summed E-state index contributed by atoms with van der Waals surface area (Å²) in [5.74, 6) is -0.345. The number of aryl methyl sites for hydroxylation is 1. The molecule has 0 aromatic carbocycles. The standard InChI is InChI=1S/C8H7BrO3/c1-5-2-3-7(12-5)8(11)6(10)4-9/h2-3H,4H2,1H3. The Balaban J connectivity index is 2.85. The molecule has 0 bridgehead atoms. The number of furan rings is 1. The van der Waals surface area contributed by atoms with Crippen LogP contribution in [0.15, 0.2) is 16.5 Å². The summed E-state index contributed by atoms with van der Waals surface area (Å²) in [6.07, 6.45) is 0. The topological polar surface area (TPSA) is 47.3 Å². The van der Waals surface area contributed by atoms with Crippen LogP contribution in [0.2, 0.25) is 0 Å². The highest BCUT2D eigenvalue weighted by Gasteiger charge is 2.17. The van der Waals surface area contributed by atoms with Crippen LogP contribution in [0.4, 0.5) is 0 Å². The number of hydrogen-bond donors (Lipinski definition) is 0. The number of halogens is 1. The molecule has 1 rings (SSSR count). The van der Waals surface area contributed by atoms with Crippen LogP contribution in [0.5, 0.6) is 0 Å². The van der Waals surface area contributed by atoms with Crippen LogP contribution in [0.1, 0.15) is 16.3 Å². The first-order valence-corrected chi connectivity index (χ1v) is 4.47. The van der Waals surface area contributed by atoms with E-state index in [1.807, 2.05) is 0 Å². The predicted molar refractivity (Wildman–Crippen MR) is 46.6 cm³/mol. The van der Waals surface area contributed by atoms with Crippen molar-refractivity contribution in [2.24, 2.45) is 0 Å². The Kier molecular flexibility index (Phi) is 2.81.